The molecule has 0 aromatic carbocycles. The van der Waals surface area contributed by atoms with Crippen LogP contribution in [0.1, 0.15) is 16.9 Å². The van der Waals surface area contributed by atoms with Crippen LogP contribution in [-0.2, 0) is 24.2 Å². The molecule has 2 N–H and O–H groups in total. The second kappa shape index (κ2) is 6.33. The van der Waals surface area contributed by atoms with Gasteiger partial charge in [-0.1, -0.05) is 6.08 Å². The van der Waals surface area contributed by atoms with Crippen molar-refractivity contribution in [1.29, 1.82) is 0 Å². The van der Waals surface area contributed by atoms with Crippen LogP contribution in [0.4, 0.5) is 4.79 Å². The third-order valence-electron chi connectivity index (χ3n) is 3.67. The molecule has 7 nitrogen and oxygen atoms in total. The Bertz CT molecular complexity index is 852. The van der Waals surface area contributed by atoms with Gasteiger partial charge in [-0.15, -0.1) is 17.9 Å². The maximum Gasteiger partial charge on any atom is 0.321 e. The van der Waals surface area contributed by atoms with Gasteiger partial charge < -0.3 is 5.32 Å². The summed E-state index contributed by atoms with van der Waals surface area (Å²) < 4.78 is 1.24. The van der Waals surface area contributed by atoms with E-state index in [9.17, 15) is 14.4 Å². The number of imide groups is 1. The minimum absolute atomic E-state index is 0.226. The Labute approximate surface area is 136 Å². The van der Waals surface area contributed by atoms with Gasteiger partial charge >= 0.3 is 6.03 Å². The zero-order valence-electron chi connectivity index (χ0n) is 12.4. The van der Waals surface area contributed by atoms with E-state index in [2.05, 4.69) is 22.2 Å². The number of carbonyl (C=O) groups excluding carboxylic acids is 2. The van der Waals surface area contributed by atoms with Crippen molar-refractivity contribution < 1.29 is 9.59 Å². The fourth-order valence-electron chi connectivity index (χ4n) is 2.66. The molecule has 8 heteroatoms. The van der Waals surface area contributed by atoms with Gasteiger partial charge in [0.1, 0.15) is 11.4 Å². The molecule has 0 spiro atoms. The summed E-state index contributed by atoms with van der Waals surface area (Å²) in [5, 5.41) is 5.22. The van der Waals surface area contributed by atoms with Gasteiger partial charge in [0.25, 0.3) is 5.56 Å². The average molecular weight is 332 g/mol. The van der Waals surface area contributed by atoms with Crippen molar-refractivity contribution in [3.63, 3.8) is 0 Å². The third-order valence-corrected chi connectivity index (χ3v) is 4.87. The van der Waals surface area contributed by atoms with Crippen molar-refractivity contribution in [3.05, 3.63) is 39.8 Å². The van der Waals surface area contributed by atoms with Crippen molar-refractivity contribution in [2.45, 2.75) is 25.8 Å². The Morgan fingerprint density at radius 2 is 2.26 bits per heavy atom. The smallest absolute Gasteiger partial charge is 0.321 e. The van der Waals surface area contributed by atoms with Crippen LogP contribution in [0, 0.1) is 0 Å². The molecule has 3 rings (SSSR count). The first-order valence-corrected chi connectivity index (χ1v) is 8.10. The van der Waals surface area contributed by atoms with Crippen LogP contribution in [0.15, 0.2) is 23.8 Å². The summed E-state index contributed by atoms with van der Waals surface area (Å²) in [5.74, 6) is -0.568. The maximum absolute atomic E-state index is 12.6. The lowest BCUT2D eigenvalue weighted by molar-refractivity contribution is -0.120. The quantitative estimate of drug-likeness (QED) is 0.816. The van der Waals surface area contributed by atoms with Gasteiger partial charge in [-0.05, 0) is 24.8 Å². The van der Waals surface area contributed by atoms with Crippen molar-refractivity contribution in [3.8, 4) is 0 Å². The van der Waals surface area contributed by atoms with Crippen LogP contribution in [0.2, 0.25) is 0 Å². The van der Waals surface area contributed by atoms with Crippen LogP contribution < -0.4 is 16.2 Å². The van der Waals surface area contributed by atoms with E-state index in [1.165, 1.54) is 21.8 Å². The molecule has 0 unspecified atom stereocenters. The first kappa shape index (κ1) is 15.4. The molecule has 0 bridgehead atoms. The number of rotatable bonds is 4. The van der Waals surface area contributed by atoms with Gasteiger partial charge in [-0.3, -0.25) is 19.5 Å². The number of urea groups is 1. The highest BCUT2D eigenvalue weighted by atomic mass is 32.1. The molecule has 0 saturated heterocycles. The van der Waals surface area contributed by atoms with Crippen LogP contribution in [0.25, 0.3) is 10.2 Å². The molecule has 0 saturated carbocycles. The number of hydrogen-bond donors (Lipinski definition) is 2. The van der Waals surface area contributed by atoms with Gasteiger partial charge in [-0.25, -0.2) is 9.78 Å². The number of nitrogens with one attached hydrogen (secondary N) is 2. The predicted molar refractivity (Wildman–Crippen MR) is 87.6 cm³/mol. The fraction of sp³-hybridized carbons (Fsp3) is 0.333. The van der Waals surface area contributed by atoms with Crippen molar-refractivity contribution in [1.82, 2.24) is 20.2 Å². The Morgan fingerprint density at radius 1 is 1.43 bits per heavy atom. The molecule has 1 aliphatic rings. The first-order chi connectivity index (χ1) is 11.1. The number of thiophene rings is 1. The summed E-state index contributed by atoms with van der Waals surface area (Å²) in [7, 11) is 0. The molecule has 23 heavy (non-hydrogen) atoms. The monoisotopic (exact) mass is 332 g/mol. The summed E-state index contributed by atoms with van der Waals surface area (Å²) >= 11 is 1.55. The summed E-state index contributed by atoms with van der Waals surface area (Å²) in [6.07, 6.45) is 5.78. The maximum atomic E-state index is 12.6. The number of aryl methyl sites for hydroxylation is 2. The molecule has 120 valence electrons. The molecular weight excluding hydrogens is 316 g/mol. The van der Waals surface area contributed by atoms with Crippen molar-refractivity contribution in [2.75, 3.05) is 6.54 Å². The molecule has 3 amide bonds. The topological polar surface area (TPSA) is 93.1 Å². The molecule has 0 fully saturated rings. The minimum atomic E-state index is -0.617. The van der Waals surface area contributed by atoms with Gasteiger partial charge in [0.2, 0.25) is 5.91 Å². The van der Waals surface area contributed by atoms with E-state index in [4.69, 9.17) is 0 Å². The molecule has 0 radical (unpaired) electrons. The zero-order chi connectivity index (χ0) is 16.4. The standard InChI is InChI=1S/C15H16N4O3S/c1-2-6-16-15(22)18-11(20)7-19-8-17-13-12(14(19)21)9-4-3-5-10(9)23-13/h2,8H,1,3-7H2,(H2,16,18,20,22). The third kappa shape index (κ3) is 3.02. The Balaban J connectivity index is 1.79. The van der Waals surface area contributed by atoms with E-state index < -0.39 is 11.9 Å². The second-order valence-electron chi connectivity index (χ2n) is 5.26. The SMILES string of the molecule is C=CCNC(=O)NC(=O)Cn1cnc2sc3c(c2c1=O)CCC3. The Kier molecular flexibility index (Phi) is 4.24. The molecule has 1 aliphatic carbocycles. The highest BCUT2D eigenvalue weighted by Gasteiger charge is 2.21. The summed E-state index contributed by atoms with van der Waals surface area (Å²) in [5.41, 5.74) is 0.844. The summed E-state index contributed by atoms with van der Waals surface area (Å²) in [6.45, 7) is 3.48. The van der Waals surface area contributed by atoms with Crippen LogP contribution >= 0.6 is 11.3 Å². The molecule has 2 aromatic rings. The van der Waals surface area contributed by atoms with Gasteiger partial charge in [0.15, 0.2) is 0 Å². The molecule has 2 heterocycles. The van der Waals surface area contributed by atoms with E-state index in [0.717, 1.165) is 29.7 Å². The molecule has 0 aliphatic heterocycles. The normalized spacial score (nSPS) is 12.9. The van der Waals surface area contributed by atoms with E-state index in [1.807, 2.05) is 0 Å². The van der Waals surface area contributed by atoms with E-state index in [1.54, 1.807) is 11.3 Å². The van der Waals surface area contributed by atoms with Crippen molar-refractivity contribution >= 4 is 33.5 Å². The number of nitrogens with zero attached hydrogens (tertiary/aromatic N) is 2. The predicted octanol–water partition coefficient (Wildman–Crippen LogP) is 0.958. The average Bonchev–Trinajstić information content (AvgIpc) is 3.08. The van der Waals surface area contributed by atoms with E-state index in [-0.39, 0.29) is 18.6 Å². The van der Waals surface area contributed by atoms with Crippen molar-refractivity contribution in [2.24, 2.45) is 0 Å². The van der Waals surface area contributed by atoms with Gasteiger partial charge in [0.05, 0.1) is 11.7 Å². The van der Waals surface area contributed by atoms with Gasteiger partial charge in [-0.2, -0.15) is 0 Å². The summed E-state index contributed by atoms with van der Waals surface area (Å²) in [4.78, 5) is 42.1. The second-order valence-corrected chi connectivity index (χ2v) is 6.35. The van der Waals surface area contributed by atoms with Crippen LogP contribution in [-0.4, -0.2) is 28.0 Å². The van der Waals surface area contributed by atoms with E-state index in [0.29, 0.717) is 5.39 Å². The Morgan fingerprint density at radius 3 is 3.04 bits per heavy atom. The highest BCUT2D eigenvalue weighted by Crippen LogP contribution is 2.34. The number of fused-ring (bicyclic) bond motifs is 3. The van der Waals surface area contributed by atoms with E-state index >= 15 is 0 Å². The van der Waals surface area contributed by atoms with Gasteiger partial charge in [0, 0.05) is 11.4 Å². The summed E-state index contributed by atoms with van der Waals surface area (Å²) in [6, 6.07) is -0.617. The van der Waals surface area contributed by atoms with Crippen LogP contribution in [0.3, 0.4) is 0 Å². The molecule has 0 atom stereocenters. The molecule has 2 aromatic heterocycles. The lowest BCUT2D eigenvalue weighted by Crippen LogP contribution is -2.42. The Hall–Kier alpha value is -2.48. The number of hydrogen-bond acceptors (Lipinski definition) is 5. The fourth-order valence-corrected chi connectivity index (χ4v) is 3.88. The first-order valence-electron chi connectivity index (χ1n) is 7.28. The lowest BCUT2D eigenvalue weighted by atomic mass is 10.2. The zero-order valence-corrected chi connectivity index (χ0v) is 13.2. The number of amides is 3. The highest BCUT2D eigenvalue weighted by molar-refractivity contribution is 7.18. The largest absolute Gasteiger partial charge is 0.334 e. The number of carbonyl (C=O) groups is 2. The minimum Gasteiger partial charge on any atom is -0.334 e. The van der Waals surface area contributed by atoms with Crippen LogP contribution in [0.5, 0.6) is 0 Å². The lowest BCUT2D eigenvalue weighted by Gasteiger charge is -2.07. The number of aromatic nitrogens is 2. The molecular formula is C15H16N4O3S.